The minimum Gasteiger partial charge on any atom is -0.396 e. The number of piperidine rings is 1. The van der Waals surface area contributed by atoms with Gasteiger partial charge in [-0.25, -0.2) is 0 Å². The van der Waals surface area contributed by atoms with Crippen molar-refractivity contribution in [2.45, 2.75) is 57.8 Å². The van der Waals surface area contributed by atoms with Gasteiger partial charge in [0.15, 0.2) is 0 Å². The van der Waals surface area contributed by atoms with Crippen molar-refractivity contribution in [1.82, 2.24) is 4.90 Å². The third kappa shape index (κ3) is 4.26. The van der Waals surface area contributed by atoms with E-state index in [9.17, 15) is 0 Å². The first-order valence-corrected chi connectivity index (χ1v) is 7.73. The summed E-state index contributed by atoms with van der Waals surface area (Å²) >= 11 is 0. The number of unbranched alkanes of at least 4 members (excludes halogenated alkanes) is 3. The maximum atomic E-state index is 8.73. The standard InChI is InChI=1S/C15H29NO/c17-12-6-2-1-5-10-16-11-9-14-7-3-4-8-15(14)13-16/h14-15,17H,1-13H2. The van der Waals surface area contributed by atoms with E-state index < -0.39 is 0 Å². The van der Waals surface area contributed by atoms with Gasteiger partial charge in [-0.05, 0) is 50.6 Å². The minimum absolute atomic E-state index is 0.369. The number of aliphatic hydroxyl groups is 1. The van der Waals surface area contributed by atoms with Crippen molar-refractivity contribution >= 4 is 0 Å². The molecule has 1 aliphatic carbocycles. The van der Waals surface area contributed by atoms with Crippen LogP contribution in [0.1, 0.15) is 57.8 Å². The average molecular weight is 239 g/mol. The number of hydrogen-bond donors (Lipinski definition) is 1. The van der Waals surface area contributed by atoms with Crippen LogP contribution in [0, 0.1) is 11.8 Å². The van der Waals surface area contributed by atoms with Gasteiger partial charge in [-0.1, -0.05) is 32.1 Å². The topological polar surface area (TPSA) is 23.5 Å². The van der Waals surface area contributed by atoms with Crippen molar-refractivity contribution in [2.75, 3.05) is 26.2 Å². The van der Waals surface area contributed by atoms with E-state index in [-0.39, 0.29) is 0 Å². The molecular formula is C15H29NO. The van der Waals surface area contributed by atoms with Crippen LogP contribution in [0.3, 0.4) is 0 Å². The highest BCUT2D eigenvalue weighted by atomic mass is 16.2. The van der Waals surface area contributed by atoms with Gasteiger partial charge in [-0.3, -0.25) is 0 Å². The predicted octanol–water partition coefficient (Wildman–Crippen LogP) is 3.05. The summed E-state index contributed by atoms with van der Waals surface area (Å²) in [6.45, 7) is 4.40. The molecule has 1 N–H and O–H groups in total. The summed E-state index contributed by atoms with van der Waals surface area (Å²) in [5.74, 6) is 2.09. The third-order valence-electron chi connectivity index (χ3n) is 4.76. The SMILES string of the molecule is OCCCCCCN1CCC2CCCCC2C1. The van der Waals surface area contributed by atoms with E-state index >= 15 is 0 Å². The maximum absolute atomic E-state index is 8.73. The van der Waals surface area contributed by atoms with Gasteiger partial charge >= 0.3 is 0 Å². The van der Waals surface area contributed by atoms with Crippen LogP contribution in [0.2, 0.25) is 0 Å². The van der Waals surface area contributed by atoms with E-state index in [1.165, 1.54) is 71.0 Å². The van der Waals surface area contributed by atoms with Gasteiger partial charge in [0.05, 0.1) is 0 Å². The molecule has 0 radical (unpaired) electrons. The second kappa shape index (κ2) is 7.38. The summed E-state index contributed by atoms with van der Waals surface area (Å²) in [6, 6.07) is 0. The zero-order valence-electron chi connectivity index (χ0n) is 11.2. The number of fused-ring (bicyclic) bond motifs is 1. The fourth-order valence-electron chi connectivity index (χ4n) is 3.68. The van der Waals surface area contributed by atoms with Crippen molar-refractivity contribution in [3.8, 4) is 0 Å². The average Bonchev–Trinajstić information content (AvgIpc) is 2.38. The van der Waals surface area contributed by atoms with E-state index in [2.05, 4.69) is 4.90 Å². The molecule has 1 aliphatic heterocycles. The summed E-state index contributed by atoms with van der Waals surface area (Å²) < 4.78 is 0. The van der Waals surface area contributed by atoms with Crippen LogP contribution in [0.25, 0.3) is 0 Å². The third-order valence-corrected chi connectivity index (χ3v) is 4.76. The van der Waals surface area contributed by atoms with Crippen LogP contribution in [0.4, 0.5) is 0 Å². The summed E-state index contributed by atoms with van der Waals surface area (Å²) in [7, 11) is 0. The molecule has 0 aromatic rings. The predicted molar refractivity (Wildman–Crippen MR) is 72.1 cm³/mol. The number of aliphatic hydroxyl groups excluding tert-OH is 1. The highest BCUT2D eigenvalue weighted by Crippen LogP contribution is 2.35. The zero-order chi connectivity index (χ0) is 11.9. The lowest BCUT2D eigenvalue weighted by Crippen LogP contribution is -2.42. The molecule has 0 aromatic heterocycles. The Labute approximate surface area is 106 Å². The molecule has 1 saturated heterocycles. The first kappa shape index (κ1) is 13.4. The second-order valence-electron chi connectivity index (χ2n) is 6.03. The maximum Gasteiger partial charge on any atom is 0.0431 e. The summed E-state index contributed by atoms with van der Waals surface area (Å²) in [6.07, 6.45) is 12.2. The zero-order valence-corrected chi connectivity index (χ0v) is 11.2. The molecule has 2 heteroatoms. The van der Waals surface area contributed by atoms with E-state index in [1.807, 2.05) is 0 Å². The Balaban J connectivity index is 1.59. The molecule has 2 unspecified atom stereocenters. The Morgan fingerprint density at radius 2 is 1.65 bits per heavy atom. The van der Waals surface area contributed by atoms with E-state index in [0.29, 0.717) is 6.61 Å². The molecule has 2 atom stereocenters. The molecule has 2 aliphatic rings. The molecule has 0 bridgehead atoms. The summed E-state index contributed by atoms with van der Waals surface area (Å²) in [5, 5.41) is 8.73. The molecule has 2 rings (SSSR count). The Hall–Kier alpha value is -0.0800. The fraction of sp³-hybridized carbons (Fsp3) is 1.00. The Morgan fingerprint density at radius 3 is 2.47 bits per heavy atom. The minimum atomic E-state index is 0.369. The van der Waals surface area contributed by atoms with Crippen LogP contribution in [0.5, 0.6) is 0 Å². The Kier molecular flexibility index (Phi) is 5.79. The van der Waals surface area contributed by atoms with Crippen LogP contribution < -0.4 is 0 Å². The van der Waals surface area contributed by atoms with E-state index in [1.54, 1.807) is 0 Å². The Morgan fingerprint density at radius 1 is 0.882 bits per heavy atom. The second-order valence-corrected chi connectivity index (χ2v) is 6.03. The van der Waals surface area contributed by atoms with Crippen molar-refractivity contribution < 1.29 is 5.11 Å². The summed E-state index contributed by atoms with van der Waals surface area (Å²) in [5.41, 5.74) is 0. The number of hydrogen-bond acceptors (Lipinski definition) is 2. The fourth-order valence-corrected chi connectivity index (χ4v) is 3.68. The van der Waals surface area contributed by atoms with Crippen molar-refractivity contribution in [1.29, 1.82) is 0 Å². The number of nitrogens with zero attached hydrogens (tertiary/aromatic N) is 1. The van der Waals surface area contributed by atoms with Crippen LogP contribution in [-0.4, -0.2) is 36.2 Å². The lowest BCUT2D eigenvalue weighted by atomic mass is 9.75. The molecule has 17 heavy (non-hydrogen) atoms. The van der Waals surface area contributed by atoms with Gasteiger partial charge in [0.1, 0.15) is 0 Å². The molecule has 0 amide bonds. The quantitative estimate of drug-likeness (QED) is 0.720. The highest BCUT2D eigenvalue weighted by molar-refractivity contribution is 4.83. The van der Waals surface area contributed by atoms with Crippen LogP contribution in [0.15, 0.2) is 0 Å². The van der Waals surface area contributed by atoms with Gasteiger partial charge < -0.3 is 10.0 Å². The number of likely N-dealkylation sites (tertiary alicyclic amines) is 1. The van der Waals surface area contributed by atoms with Gasteiger partial charge in [-0.2, -0.15) is 0 Å². The van der Waals surface area contributed by atoms with Crippen LogP contribution >= 0.6 is 0 Å². The smallest absolute Gasteiger partial charge is 0.0431 e. The molecule has 2 nitrogen and oxygen atoms in total. The normalized spacial score (nSPS) is 30.2. The molecular weight excluding hydrogens is 210 g/mol. The molecule has 1 saturated carbocycles. The van der Waals surface area contributed by atoms with E-state index in [0.717, 1.165) is 18.3 Å². The van der Waals surface area contributed by atoms with Crippen LogP contribution in [-0.2, 0) is 0 Å². The lowest BCUT2D eigenvalue weighted by Gasteiger charge is -2.41. The van der Waals surface area contributed by atoms with Crippen molar-refractivity contribution in [3.05, 3.63) is 0 Å². The lowest BCUT2D eigenvalue weighted by molar-refractivity contribution is 0.0855. The van der Waals surface area contributed by atoms with Gasteiger partial charge in [-0.15, -0.1) is 0 Å². The highest BCUT2D eigenvalue weighted by Gasteiger charge is 2.30. The monoisotopic (exact) mass is 239 g/mol. The van der Waals surface area contributed by atoms with Gasteiger partial charge in [0, 0.05) is 13.2 Å². The summed E-state index contributed by atoms with van der Waals surface area (Å²) in [4.78, 5) is 2.70. The molecule has 100 valence electrons. The van der Waals surface area contributed by atoms with Crippen molar-refractivity contribution in [3.63, 3.8) is 0 Å². The molecule has 2 fully saturated rings. The molecule has 0 aromatic carbocycles. The number of rotatable bonds is 6. The molecule has 1 heterocycles. The first-order chi connectivity index (χ1) is 8.40. The largest absolute Gasteiger partial charge is 0.396 e. The Bertz CT molecular complexity index is 207. The molecule has 0 spiro atoms. The first-order valence-electron chi connectivity index (χ1n) is 7.73. The van der Waals surface area contributed by atoms with Gasteiger partial charge in [0.2, 0.25) is 0 Å². The van der Waals surface area contributed by atoms with E-state index in [4.69, 9.17) is 5.11 Å². The van der Waals surface area contributed by atoms with Crippen molar-refractivity contribution in [2.24, 2.45) is 11.8 Å². The van der Waals surface area contributed by atoms with Gasteiger partial charge in [0.25, 0.3) is 0 Å².